The fraction of sp³-hybridized carbons (Fsp3) is 0.450. The minimum absolute atomic E-state index is 0.0929. The van der Waals surface area contributed by atoms with Crippen molar-refractivity contribution in [3.63, 3.8) is 0 Å². The molecule has 0 aliphatic carbocycles. The van der Waals surface area contributed by atoms with Gasteiger partial charge in [0.2, 0.25) is 0 Å². The van der Waals surface area contributed by atoms with E-state index >= 15 is 0 Å². The summed E-state index contributed by atoms with van der Waals surface area (Å²) in [7, 11) is -1.94. The molecule has 2 heterocycles. The summed E-state index contributed by atoms with van der Waals surface area (Å²) < 4.78 is 26.2. The van der Waals surface area contributed by atoms with Crippen LogP contribution in [0.5, 0.6) is 5.75 Å². The molecule has 0 radical (unpaired) electrons. The van der Waals surface area contributed by atoms with Gasteiger partial charge < -0.3 is 10.0 Å². The summed E-state index contributed by atoms with van der Waals surface area (Å²) in [5.41, 5.74) is 1.40. The highest BCUT2D eigenvalue weighted by molar-refractivity contribution is 8.00. The van der Waals surface area contributed by atoms with Crippen LogP contribution in [-0.4, -0.2) is 54.2 Å². The van der Waals surface area contributed by atoms with Crippen molar-refractivity contribution in [3.8, 4) is 5.75 Å². The Kier molecular flexibility index (Phi) is 6.07. The molecule has 1 fully saturated rings. The van der Waals surface area contributed by atoms with Gasteiger partial charge >= 0.3 is 0 Å². The number of carbonyl (C=O) groups is 1. The number of hydrogen-bond donors (Lipinski definition) is 2. The quantitative estimate of drug-likeness (QED) is 0.721. The van der Waals surface area contributed by atoms with E-state index in [4.69, 9.17) is 0 Å². The van der Waals surface area contributed by atoms with E-state index in [0.717, 1.165) is 31.0 Å². The first-order chi connectivity index (χ1) is 13.2. The first-order valence-electron chi connectivity index (χ1n) is 9.35. The number of benzene rings is 1. The SMILES string of the molecule is C=S1(=O)CCC(CCN(Cc2ccc(O)cc2F)C(=O)c2cc(C)[nH]n2)CC1. The van der Waals surface area contributed by atoms with Crippen molar-refractivity contribution < 1.29 is 18.5 Å². The molecular weight excluding hydrogens is 381 g/mol. The average Bonchev–Trinajstić information content (AvgIpc) is 3.07. The van der Waals surface area contributed by atoms with Crippen LogP contribution in [0.4, 0.5) is 4.39 Å². The average molecular weight is 408 g/mol. The molecule has 1 aliphatic heterocycles. The van der Waals surface area contributed by atoms with Gasteiger partial charge in [0.05, 0.1) is 0 Å². The van der Waals surface area contributed by atoms with Crippen molar-refractivity contribution >= 4 is 21.3 Å². The van der Waals surface area contributed by atoms with E-state index in [1.54, 1.807) is 11.0 Å². The summed E-state index contributed by atoms with van der Waals surface area (Å²) in [6, 6.07) is 5.61. The van der Waals surface area contributed by atoms with Gasteiger partial charge in [-0.3, -0.25) is 14.1 Å². The number of rotatable bonds is 6. The van der Waals surface area contributed by atoms with Gasteiger partial charge in [-0.15, -0.1) is 0 Å². The van der Waals surface area contributed by atoms with Crippen molar-refractivity contribution in [2.24, 2.45) is 5.92 Å². The fourth-order valence-corrected chi connectivity index (χ4v) is 5.18. The molecule has 0 atom stereocenters. The monoisotopic (exact) mass is 407 g/mol. The molecule has 2 aromatic rings. The van der Waals surface area contributed by atoms with E-state index in [1.165, 1.54) is 12.1 Å². The maximum Gasteiger partial charge on any atom is 0.274 e. The summed E-state index contributed by atoms with van der Waals surface area (Å²) in [4.78, 5) is 14.5. The second-order valence-corrected chi connectivity index (χ2v) is 10.3. The van der Waals surface area contributed by atoms with Crippen molar-refractivity contribution in [2.45, 2.75) is 32.7 Å². The van der Waals surface area contributed by atoms with Crippen LogP contribution in [0, 0.1) is 18.7 Å². The number of aromatic hydroxyl groups is 1. The number of aromatic amines is 1. The summed E-state index contributed by atoms with van der Waals surface area (Å²) in [6.07, 6.45) is 2.42. The third-order valence-electron chi connectivity index (χ3n) is 5.21. The zero-order valence-electron chi connectivity index (χ0n) is 16.0. The molecule has 1 aromatic heterocycles. The van der Waals surface area contributed by atoms with Crippen LogP contribution in [0.25, 0.3) is 0 Å². The molecule has 3 rings (SSSR count). The Hall–Kier alpha value is -2.35. The molecule has 152 valence electrons. The predicted octanol–water partition coefficient (Wildman–Crippen LogP) is 2.72. The van der Waals surface area contributed by atoms with Crippen LogP contribution in [0.2, 0.25) is 0 Å². The van der Waals surface area contributed by atoms with Crippen LogP contribution in [-0.2, 0) is 16.1 Å². The summed E-state index contributed by atoms with van der Waals surface area (Å²) in [6.45, 7) is 2.36. The van der Waals surface area contributed by atoms with E-state index in [0.29, 0.717) is 35.2 Å². The molecule has 2 N–H and O–H groups in total. The second-order valence-electron chi connectivity index (χ2n) is 7.54. The number of phenolic OH excluding ortho intramolecular Hbond substituents is 1. The number of nitrogens with one attached hydrogen (secondary N) is 1. The van der Waals surface area contributed by atoms with Crippen LogP contribution in [0.3, 0.4) is 0 Å². The highest BCUT2D eigenvalue weighted by Crippen LogP contribution is 2.24. The molecule has 1 amide bonds. The number of carbonyl (C=O) groups excluding carboxylic acids is 1. The summed E-state index contributed by atoms with van der Waals surface area (Å²) in [5, 5.41) is 16.2. The van der Waals surface area contributed by atoms with Gasteiger partial charge in [0.25, 0.3) is 5.91 Å². The Bertz CT molecular complexity index is 941. The normalized spacial score (nSPS) is 22.1. The third-order valence-corrected chi connectivity index (χ3v) is 7.17. The van der Waals surface area contributed by atoms with Gasteiger partial charge in [-0.1, -0.05) is 6.07 Å². The topological polar surface area (TPSA) is 86.3 Å². The van der Waals surface area contributed by atoms with Crippen molar-refractivity contribution in [3.05, 3.63) is 47.0 Å². The number of halogens is 1. The molecule has 0 spiro atoms. The predicted molar refractivity (Wildman–Crippen MR) is 108 cm³/mol. The Balaban J connectivity index is 1.73. The molecule has 0 saturated carbocycles. The van der Waals surface area contributed by atoms with Gasteiger partial charge in [0.15, 0.2) is 0 Å². The number of hydrogen-bond acceptors (Lipinski definition) is 4. The second kappa shape index (κ2) is 8.34. The van der Waals surface area contributed by atoms with E-state index < -0.39 is 15.3 Å². The lowest BCUT2D eigenvalue weighted by Gasteiger charge is -2.28. The smallest absolute Gasteiger partial charge is 0.274 e. The molecule has 28 heavy (non-hydrogen) atoms. The molecule has 6 nitrogen and oxygen atoms in total. The van der Waals surface area contributed by atoms with Crippen LogP contribution >= 0.6 is 0 Å². The highest BCUT2D eigenvalue weighted by atomic mass is 32.2. The zero-order valence-corrected chi connectivity index (χ0v) is 16.8. The van der Waals surface area contributed by atoms with Gasteiger partial charge in [-0.2, -0.15) is 5.10 Å². The van der Waals surface area contributed by atoms with Crippen LogP contribution in [0.15, 0.2) is 24.3 Å². The molecule has 0 unspecified atom stereocenters. The number of nitrogens with zero attached hydrogens (tertiary/aromatic N) is 2. The number of phenols is 1. The largest absolute Gasteiger partial charge is 0.508 e. The van der Waals surface area contributed by atoms with Crippen LogP contribution < -0.4 is 0 Å². The summed E-state index contributed by atoms with van der Waals surface area (Å²) >= 11 is 0. The third kappa shape index (κ3) is 5.13. The number of aryl methyl sites for hydroxylation is 1. The lowest BCUT2D eigenvalue weighted by Crippen LogP contribution is -2.34. The van der Waals surface area contributed by atoms with Crippen LogP contribution in [0.1, 0.15) is 41.0 Å². The number of amides is 1. The maximum absolute atomic E-state index is 14.2. The van der Waals surface area contributed by atoms with Gasteiger partial charge in [0, 0.05) is 41.9 Å². The molecule has 1 saturated heterocycles. The van der Waals surface area contributed by atoms with E-state index in [2.05, 4.69) is 16.1 Å². The fourth-order valence-electron chi connectivity index (χ4n) is 3.45. The van der Waals surface area contributed by atoms with Crippen molar-refractivity contribution in [1.82, 2.24) is 15.1 Å². The lowest BCUT2D eigenvalue weighted by atomic mass is 9.98. The molecule has 0 bridgehead atoms. The maximum atomic E-state index is 14.2. The van der Waals surface area contributed by atoms with E-state index in [-0.39, 0.29) is 18.2 Å². The Morgan fingerprint density at radius 1 is 1.39 bits per heavy atom. The van der Waals surface area contributed by atoms with E-state index in [9.17, 15) is 18.5 Å². The molecule has 1 aromatic carbocycles. The first kappa shape index (κ1) is 20.4. The van der Waals surface area contributed by atoms with Gasteiger partial charge in [-0.25, -0.2) is 4.39 Å². The standard InChI is InChI=1S/C20H26FN3O3S/c1-14-11-19(23-22-14)20(26)24(13-16-3-4-17(25)12-18(16)21)8-5-15-6-9-28(2,27)10-7-15/h3-4,11-12,15,25H,2,5-10,13H2,1H3,(H,22,23). The Morgan fingerprint density at radius 2 is 2.11 bits per heavy atom. The lowest BCUT2D eigenvalue weighted by molar-refractivity contribution is 0.0724. The van der Waals surface area contributed by atoms with Gasteiger partial charge in [0.1, 0.15) is 17.3 Å². The molecular formula is C20H26FN3O3S. The van der Waals surface area contributed by atoms with E-state index in [1.807, 2.05) is 6.92 Å². The number of H-pyrrole nitrogens is 1. The first-order valence-corrected chi connectivity index (χ1v) is 11.4. The minimum Gasteiger partial charge on any atom is -0.508 e. The molecule has 1 aliphatic rings. The van der Waals surface area contributed by atoms with Crippen molar-refractivity contribution in [1.29, 1.82) is 0 Å². The Labute approximate surface area is 164 Å². The summed E-state index contributed by atoms with van der Waals surface area (Å²) in [5.74, 6) is 4.44. The molecule has 8 heteroatoms. The zero-order chi connectivity index (χ0) is 20.3. The minimum atomic E-state index is -1.94. The van der Waals surface area contributed by atoms with Gasteiger partial charge in [-0.05, 0) is 59.6 Å². The van der Waals surface area contributed by atoms with Crippen molar-refractivity contribution in [2.75, 3.05) is 18.1 Å². The highest BCUT2D eigenvalue weighted by Gasteiger charge is 2.24. The Morgan fingerprint density at radius 3 is 2.71 bits per heavy atom. The number of aromatic nitrogens is 2.